The van der Waals surface area contributed by atoms with E-state index in [1.54, 1.807) is 47.8 Å². The van der Waals surface area contributed by atoms with E-state index < -0.39 is 0 Å². The van der Waals surface area contributed by atoms with Crippen molar-refractivity contribution in [3.8, 4) is 5.82 Å². The highest BCUT2D eigenvalue weighted by molar-refractivity contribution is 6.05. The lowest BCUT2D eigenvalue weighted by atomic mass is 10.2. The van der Waals surface area contributed by atoms with Crippen LogP contribution in [0.1, 0.15) is 23.2 Å². The summed E-state index contributed by atoms with van der Waals surface area (Å²) in [6, 6.07) is 7.26. The zero-order chi connectivity index (χ0) is 17.1. The van der Waals surface area contributed by atoms with E-state index in [2.05, 4.69) is 25.2 Å². The van der Waals surface area contributed by atoms with Gasteiger partial charge in [-0.1, -0.05) is 0 Å². The molecule has 4 heterocycles. The van der Waals surface area contributed by atoms with Crippen LogP contribution in [0.25, 0.3) is 5.82 Å². The molecule has 1 aliphatic heterocycles. The summed E-state index contributed by atoms with van der Waals surface area (Å²) >= 11 is 0. The number of hydrogen-bond acceptors (Lipinski definition) is 5. The number of pyridine rings is 2. The molecule has 25 heavy (non-hydrogen) atoms. The quantitative estimate of drug-likeness (QED) is 0.793. The number of anilines is 2. The first-order valence-corrected chi connectivity index (χ1v) is 8.27. The average molecular weight is 334 g/mol. The molecule has 0 atom stereocenters. The molecule has 0 spiro atoms. The third-order valence-corrected chi connectivity index (χ3v) is 4.22. The third kappa shape index (κ3) is 3.21. The third-order valence-electron chi connectivity index (χ3n) is 4.22. The molecule has 0 saturated carbocycles. The van der Waals surface area contributed by atoms with Gasteiger partial charge in [0.25, 0.3) is 5.91 Å². The Bertz CT molecular complexity index is 854. The van der Waals surface area contributed by atoms with E-state index in [1.807, 2.05) is 12.1 Å². The molecule has 1 amide bonds. The molecule has 3 aromatic heterocycles. The van der Waals surface area contributed by atoms with Crippen LogP contribution in [0.2, 0.25) is 0 Å². The van der Waals surface area contributed by atoms with Crippen LogP contribution in [0.3, 0.4) is 0 Å². The predicted octanol–water partition coefficient (Wildman–Crippen LogP) is 2.51. The minimum Gasteiger partial charge on any atom is -0.355 e. The van der Waals surface area contributed by atoms with Gasteiger partial charge in [-0.25, -0.2) is 15.0 Å². The van der Waals surface area contributed by atoms with Crippen LogP contribution >= 0.6 is 0 Å². The zero-order valence-electron chi connectivity index (χ0n) is 13.7. The molecule has 0 aromatic carbocycles. The lowest BCUT2D eigenvalue weighted by Gasteiger charge is -2.19. The van der Waals surface area contributed by atoms with Crippen LogP contribution in [-0.4, -0.2) is 38.5 Å². The van der Waals surface area contributed by atoms with Crippen LogP contribution in [0, 0.1) is 0 Å². The van der Waals surface area contributed by atoms with Gasteiger partial charge in [-0.2, -0.15) is 0 Å². The number of hydrogen-bond donors (Lipinski definition) is 1. The maximum Gasteiger partial charge on any atom is 0.257 e. The number of aromatic nitrogens is 4. The second-order valence-electron chi connectivity index (χ2n) is 5.90. The van der Waals surface area contributed by atoms with Crippen molar-refractivity contribution in [1.82, 2.24) is 19.5 Å². The van der Waals surface area contributed by atoms with Crippen molar-refractivity contribution < 1.29 is 4.79 Å². The number of amides is 1. The summed E-state index contributed by atoms with van der Waals surface area (Å²) in [7, 11) is 0. The van der Waals surface area contributed by atoms with E-state index in [1.165, 1.54) is 0 Å². The Labute approximate surface area is 145 Å². The van der Waals surface area contributed by atoms with Crippen LogP contribution in [0.15, 0.2) is 55.4 Å². The van der Waals surface area contributed by atoms with Crippen molar-refractivity contribution in [2.24, 2.45) is 0 Å². The molecule has 0 radical (unpaired) electrons. The van der Waals surface area contributed by atoms with Crippen molar-refractivity contribution in [1.29, 1.82) is 0 Å². The Morgan fingerprint density at radius 3 is 2.68 bits per heavy atom. The van der Waals surface area contributed by atoms with Gasteiger partial charge < -0.3 is 10.2 Å². The van der Waals surface area contributed by atoms with Gasteiger partial charge in [-0.15, -0.1) is 0 Å². The highest BCUT2D eigenvalue weighted by Gasteiger charge is 2.18. The van der Waals surface area contributed by atoms with Crippen molar-refractivity contribution in [3.05, 3.63) is 60.9 Å². The van der Waals surface area contributed by atoms with Crippen molar-refractivity contribution in [2.45, 2.75) is 12.8 Å². The first-order valence-electron chi connectivity index (χ1n) is 8.27. The fourth-order valence-electron chi connectivity index (χ4n) is 2.94. The van der Waals surface area contributed by atoms with Crippen LogP contribution in [-0.2, 0) is 0 Å². The zero-order valence-corrected chi connectivity index (χ0v) is 13.7. The number of nitrogens with zero attached hydrogens (tertiary/aromatic N) is 5. The number of carbonyl (C=O) groups excluding carboxylic acids is 1. The Morgan fingerprint density at radius 2 is 1.96 bits per heavy atom. The maximum atomic E-state index is 12.6. The maximum absolute atomic E-state index is 12.6. The Kier molecular flexibility index (Phi) is 4.12. The summed E-state index contributed by atoms with van der Waals surface area (Å²) in [4.78, 5) is 27.5. The number of nitrogens with one attached hydrogen (secondary N) is 1. The van der Waals surface area contributed by atoms with E-state index in [-0.39, 0.29) is 5.91 Å². The van der Waals surface area contributed by atoms with Crippen molar-refractivity contribution >= 4 is 17.4 Å². The van der Waals surface area contributed by atoms with Gasteiger partial charge in [0.05, 0.1) is 11.3 Å². The molecule has 3 aromatic rings. The van der Waals surface area contributed by atoms with Gasteiger partial charge in [0.2, 0.25) is 0 Å². The smallest absolute Gasteiger partial charge is 0.257 e. The molecule has 1 saturated heterocycles. The van der Waals surface area contributed by atoms with E-state index >= 15 is 0 Å². The monoisotopic (exact) mass is 334 g/mol. The molecule has 0 unspecified atom stereocenters. The van der Waals surface area contributed by atoms with Crippen LogP contribution in [0.5, 0.6) is 0 Å². The predicted molar refractivity (Wildman–Crippen MR) is 95.0 cm³/mol. The Balaban J connectivity index is 1.52. The first-order chi connectivity index (χ1) is 12.3. The number of carbonyl (C=O) groups is 1. The van der Waals surface area contributed by atoms with Gasteiger partial charge in [0.15, 0.2) is 5.82 Å². The highest BCUT2D eigenvalue weighted by Crippen LogP contribution is 2.26. The molecule has 4 rings (SSSR count). The molecule has 7 nitrogen and oxygen atoms in total. The van der Waals surface area contributed by atoms with E-state index in [4.69, 9.17) is 0 Å². The molecule has 0 aliphatic carbocycles. The van der Waals surface area contributed by atoms with Crippen molar-refractivity contribution in [2.75, 3.05) is 23.3 Å². The molecule has 1 aliphatic rings. The molecule has 1 fully saturated rings. The van der Waals surface area contributed by atoms with Gasteiger partial charge in [0, 0.05) is 37.9 Å². The lowest BCUT2D eigenvalue weighted by Crippen LogP contribution is -2.22. The normalized spacial score (nSPS) is 13.8. The molecule has 126 valence electrons. The molecule has 7 heteroatoms. The van der Waals surface area contributed by atoms with Crippen LogP contribution in [0.4, 0.5) is 11.5 Å². The number of rotatable bonds is 4. The molecule has 0 bridgehead atoms. The van der Waals surface area contributed by atoms with Gasteiger partial charge in [-0.05, 0) is 37.1 Å². The molecule has 1 N–H and O–H groups in total. The van der Waals surface area contributed by atoms with E-state index in [0.717, 1.165) is 37.4 Å². The average Bonchev–Trinajstić information content (AvgIpc) is 3.36. The van der Waals surface area contributed by atoms with Crippen molar-refractivity contribution in [3.63, 3.8) is 0 Å². The SMILES string of the molecule is O=C(Nc1cccnc1N1CCCC1)c1ccc(-n2ccnc2)nc1. The largest absolute Gasteiger partial charge is 0.355 e. The standard InChI is InChI=1S/C18H18N6O/c25-18(14-5-6-16(21-12-14)24-11-8-19-13-24)22-15-4-3-7-20-17(15)23-9-1-2-10-23/h3-8,11-13H,1-2,9-10H2,(H,22,25). The van der Waals surface area contributed by atoms with Gasteiger partial charge in [0.1, 0.15) is 12.1 Å². The lowest BCUT2D eigenvalue weighted by molar-refractivity contribution is 0.102. The summed E-state index contributed by atoms with van der Waals surface area (Å²) in [5, 5.41) is 2.96. The van der Waals surface area contributed by atoms with Gasteiger partial charge >= 0.3 is 0 Å². The summed E-state index contributed by atoms with van der Waals surface area (Å²) in [5.41, 5.74) is 1.23. The fourth-order valence-corrected chi connectivity index (χ4v) is 2.94. The fraction of sp³-hybridized carbons (Fsp3) is 0.222. The van der Waals surface area contributed by atoms with E-state index in [9.17, 15) is 4.79 Å². The molecular weight excluding hydrogens is 316 g/mol. The Morgan fingerprint density at radius 1 is 1.08 bits per heavy atom. The highest BCUT2D eigenvalue weighted by atomic mass is 16.1. The summed E-state index contributed by atoms with van der Waals surface area (Å²) in [6.07, 6.45) is 10.8. The number of imidazole rings is 1. The minimum absolute atomic E-state index is 0.196. The summed E-state index contributed by atoms with van der Waals surface area (Å²) < 4.78 is 1.79. The summed E-state index contributed by atoms with van der Waals surface area (Å²) in [5.74, 6) is 1.35. The second-order valence-corrected chi connectivity index (χ2v) is 5.90. The topological polar surface area (TPSA) is 75.9 Å². The van der Waals surface area contributed by atoms with Crippen LogP contribution < -0.4 is 10.2 Å². The van der Waals surface area contributed by atoms with E-state index in [0.29, 0.717) is 11.4 Å². The summed E-state index contributed by atoms with van der Waals surface area (Å²) in [6.45, 7) is 1.95. The molecular formula is C18H18N6O. The Hall–Kier alpha value is -3.22. The second kappa shape index (κ2) is 6.72. The van der Waals surface area contributed by atoms with Gasteiger partial charge in [-0.3, -0.25) is 9.36 Å². The minimum atomic E-state index is -0.196. The first kappa shape index (κ1) is 15.3.